The molecule has 34 heavy (non-hydrogen) atoms. The van der Waals surface area contributed by atoms with Crippen molar-refractivity contribution in [2.45, 2.75) is 33.1 Å². The quantitative estimate of drug-likeness (QED) is 0.517. The second-order valence-electron chi connectivity index (χ2n) is 8.33. The van der Waals surface area contributed by atoms with Gasteiger partial charge in [0.1, 0.15) is 0 Å². The highest BCUT2D eigenvalue weighted by atomic mass is 16.2. The lowest BCUT2D eigenvalue weighted by atomic mass is 10.1. The summed E-state index contributed by atoms with van der Waals surface area (Å²) in [4.78, 5) is 30.2. The summed E-state index contributed by atoms with van der Waals surface area (Å²) in [6.45, 7) is 9.31. The standard InChI is InChI=1S/C26H34N6O2/c1-3-31(4-2)17-14-28-25(33)23-18-22(12-13-24(23)32-15-6-5-7-16-32)30-26(34)29-21-10-8-20(19-27)9-11-21/h8-13,18H,3-7,14-17H2,1-2H3,(H,28,33)(H2,29,30,34). The van der Waals surface area contributed by atoms with Gasteiger partial charge in [-0.1, -0.05) is 13.8 Å². The normalized spacial score (nSPS) is 13.3. The topological polar surface area (TPSA) is 100 Å². The molecule has 0 spiro atoms. The van der Waals surface area contributed by atoms with Crippen LogP contribution in [0.25, 0.3) is 0 Å². The zero-order valence-electron chi connectivity index (χ0n) is 20.1. The molecule has 180 valence electrons. The van der Waals surface area contributed by atoms with Crippen LogP contribution in [0.1, 0.15) is 49.0 Å². The van der Waals surface area contributed by atoms with Crippen LogP contribution in [0.15, 0.2) is 42.5 Å². The summed E-state index contributed by atoms with van der Waals surface area (Å²) >= 11 is 0. The van der Waals surface area contributed by atoms with E-state index in [9.17, 15) is 9.59 Å². The number of piperidine rings is 1. The highest BCUT2D eigenvalue weighted by Gasteiger charge is 2.20. The molecule has 1 heterocycles. The molecule has 2 aromatic carbocycles. The second kappa shape index (κ2) is 12.6. The summed E-state index contributed by atoms with van der Waals surface area (Å²) in [5.41, 5.74) is 3.11. The van der Waals surface area contributed by atoms with Crippen molar-refractivity contribution in [2.24, 2.45) is 0 Å². The zero-order valence-corrected chi connectivity index (χ0v) is 20.1. The van der Waals surface area contributed by atoms with Crippen molar-refractivity contribution in [1.82, 2.24) is 10.2 Å². The van der Waals surface area contributed by atoms with Crippen LogP contribution in [-0.4, -0.2) is 56.1 Å². The van der Waals surface area contributed by atoms with E-state index < -0.39 is 6.03 Å². The molecule has 0 unspecified atom stereocenters. The fraction of sp³-hybridized carbons (Fsp3) is 0.423. The molecule has 3 amide bonds. The van der Waals surface area contributed by atoms with Gasteiger partial charge in [-0.05, 0) is 74.8 Å². The van der Waals surface area contributed by atoms with Crippen molar-refractivity contribution in [3.8, 4) is 6.07 Å². The molecule has 8 nitrogen and oxygen atoms in total. The Hall–Kier alpha value is -3.57. The van der Waals surface area contributed by atoms with Crippen LogP contribution in [0, 0.1) is 11.3 Å². The van der Waals surface area contributed by atoms with E-state index in [-0.39, 0.29) is 5.91 Å². The Bertz CT molecular complexity index is 1000. The molecule has 0 saturated carbocycles. The van der Waals surface area contributed by atoms with Gasteiger partial charge in [-0.2, -0.15) is 5.26 Å². The third-order valence-corrected chi connectivity index (χ3v) is 6.08. The third-order valence-electron chi connectivity index (χ3n) is 6.08. The fourth-order valence-electron chi connectivity index (χ4n) is 4.09. The Morgan fingerprint density at radius 3 is 2.26 bits per heavy atom. The van der Waals surface area contributed by atoms with Gasteiger partial charge in [0.15, 0.2) is 0 Å². The number of anilines is 3. The van der Waals surface area contributed by atoms with Gasteiger partial charge >= 0.3 is 6.03 Å². The first kappa shape index (κ1) is 25.1. The lowest BCUT2D eigenvalue weighted by Gasteiger charge is -2.30. The van der Waals surface area contributed by atoms with Crippen LogP contribution in [0.3, 0.4) is 0 Å². The largest absolute Gasteiger partial charge is 0.371 e. The molecule has 0 aliphatic carbocycles. The maximum Gasteiger partial charge on any atom is 0.323 e. The molecule has 1 aliphatic heterocycles. The number of likely N-dealkylation sites (N-methyl/N-ethyl adjacent to an activating group) is 1. The summed E-state index contributed by atoms with van der Waals surface area (Å²) < 4.78 is 0. The Morgan fingerprint density at radius 2 is 1.62 bits per heavy atom. The second-order valence-corrected chi connectivity index (χ2v) is 8.33. The summed E-state index contributed by atoms with van der Waals surface area (Å²) in [7, 11) is 0. The average Bonchev–Trinajstić information content (AvgIpc) is 2.87. The van der Waals surface area contributed by atoms with E-state index >= 15 is 0 Å². The van der Waals surface area contributed by atoms with Crippen LogP contribution in [0.4, 0.5) is 21.9 Å². The average molecular weight is 463 g/mol. The number of nitrogens with zero attached hydrogens (tertiary/aromatic N) is 3. The molecule has 3 N–H and O–H groups in total. The SMILES string of the molecule is CCN(CC)CCNC(=O)c1cc(NC(=O)Nc2ccc(C#N)cc2)ccc1N1CCCCC1. The summed E-state index contributed by atoms with van der Waals surface area (Å²) in [6, 6.07) is 13.8. The molecule has 2 aromatic rings. The maximum absolute atomic E-state index is 13.1. The van der Waals surface area contributed by atoms with Gasteiger partial charge in [-0.3, -0.25) is 4.79 Å². The highest BCUT2D eigenvalue weighted by Crippen LogP contribution is 2.27. The van der Waals surface area contributed by atoms with Gasteiger partial charge in [0.25, 0.3) is 5.91 Å². The zero-order chi connectivity index (χ0) is 24.3. The highest BCUT2D eigenvalue weighted by molar-refractivity contribution is 6.04. The van der Waals surface area contributed by atoms with Crippen molar-refractivity contribution >= 4 is 29.0 Å². The number of nitriles is 1. The Kier molecular flexibility index (Phi) is 9.30. The summed E-state index contributed by atoms with van der Waals surface area (Å²) in [5.74, 6) is -0.135. The molecular weight excluding hydrogens is 428 g/mol. The van der Waals surface area contributed by atoms with Gasteiger partial charge in [0.2, 0.25) is 0 Å². The summed E-state index contributed by atoms with van der Waals surface area (Å²) in [5, 5.41) is 17.5. The molecule has 0 bridgehead atoms. The molecule has 3 rings (SSSR count). The predicted octanol–water partition coefficient (Wildman–Crippen LogP) is 4.26. The number of benzene rings is 2. The fourth-order valence-corrected chi connectivity index (χ4v) is 4.09. The van der Waals surface area contributed by atoms with Crippen molar-refractivity contribution in [2.75, 3.05) is 54.8 Å². The molecule has 1 saturated heterocycles. The van der Waals surface area contributed by atoms with Crippen LogP contribution in [0.5, 0.6) is 0 Å². The Labute approximate surface area is 201 Å². The van der Waals surface area contributed by atoms with Gasteiger partial charge in [-0.25, -0.2) is 4.79 Å². The monoisotopic (exact) mass is 462 g/mol. The smallest absolute Gasteiger partial charge is 0.323 e. The van der Waals surface area contributed by atoms with Crippen molar-refractivity contribution in [1.29, 1.82) is 5.26 Å². The van der Waals surface area contributed by atoms with Crippen LogP contribution >= 0.6 is 0 Å². The number of hydrogen-bond donors (Lipinski definition) is 3. The Balaban J connectivity index is 1.72. The van der Waals surface area contributed by atoms with E-state index in [0.29, 0.717) is 29.0 Å². The van der Waals surface area contributed by atoms with E-state index in [4.69, 9.17) is 5.26 Å². The molecule has 8 heteroatoms. The first-order valence-corrected chi connectivity index (χ1v) is 12.0. The summed E-state index contributed by atoms with van der Waals surface area (Å²) in [6.07, 6.45) is 3.42. The minimum atomic E-state index is -0.414. The number of rotatable bonds is 9. The van der Waals surface area contributed by atoms with Gasteiger partial charge < -0.3 is 25.8 Å². The molecule has 0 aromatic heterocycles. The number of nitrogens with one attached hydrogen (secondary N) is 3. The van der Waals surface area contributed by atoms with Crippen LogP contribution < -0.4 is 20.9 Å². The van der Waals surface area contributed by atoms with Crippen LogP contribution in [0.2, 0.25) is 0 Å². The van der Waals surface area contributed by atoms with E-state index in [1.54, 1.807) is 30.3 Å². The van der Waals surface area contributed by atoms with Gasteiger partial charge in [-0.15, -0.1) is 0 Å². The van der Waals surface area contributed by atoms with E-state index in [1.807, 2.05) is 12.1 Å². The maximum atomic E-state index is 13.1. The molecule has 0 radical (unpaired) electrons. The predicted molar refractivity (Wildman–Crippen MR) is 136 cm³/mol. The van der Waals surface area contributed by atoms with Crippen LogP contribution in [-0.2, 0) is 0 Å². The number of carbonyl (C=O) groups excluding carboxylic acids is 2. The molecule has 1 aliphatic rings. The Morgan fingerprint density at radius 1 is 0.971 bits per heavy atom. The molecule has 0 atom stereocenters. The van der Waals surface area contributed by atoms with E-state index in [1.165, 1.54) is 6.42 Å². The van der Waals surface area contributed by atoms with Crippen molar-refractivity contribution < 1.29 is 9.59 Å². The first-order chi connectivity index (χ1) is 16.5. The third kappa shape index (κ3) is 6.96. The molecule has 1 fully saturated rings. The van der Waals surface area contributed by atoms with E-state index in [0.717, 1.165) is 51.3 Å². The lowest BCUT2D eigenvalue weighted by molar-refractivity contribution is 0.0949. The minimum absolute atomic E-state index is 0.135. The van der Waals surface area contributed by atoms with Crippen molar-refractivity contribution in [3.05, 3.63) is 53.6 Å². The number of urea groups is 1. The van der Waals surface area contributed by atoms with E-state index in [2.05, 4.69) is 45.7 Å². The lowest BCUT2D eigenvalue weighted by Crippen LogP contribution is -2.36. The number of carbonyl (C=O) groups is 2. The van der Waals surface area contributed by atoms with Crippen molar-refractivity contribution in [3.63, 3.8) is 0 Å². The first-order valence-electron chi connectivity index (χ1n) is 12.0. The number of hydrogen-bond acceptors (Lipinski definition) is 5. The molecular formula is C26H34N6O2. The van der Waals surface area contributed by atoms with Gasteiger partial charge in [0.05, 0.1) is 17.2 Å². The number of amides is 3. The minimum Gasteiger partial charge on any atom is -0.371 e. The van der Waals surface area contributed by atoms with Gasteiger partial charge in [0, 0.05) is 43.2 Å².